The number of hydrogen-bond acceptors (Lipinski definition) is 6. The fraction of sp³-hybridized carbons (Fsp3) is 0.529. The Morgan fingerprint density at radius 1 is 1.04 bits per heavy atom. The maximum atomic E-state index is 12.2. The van der Waals surface area contributed by atoms with Gasteiger partial charge in [-0.25, -0.2) is 4.79 Å². The molecular formula is C17H23NO5. The Morgan fingerprint density at radius 2 is 1.70 bits per heavy atom. The molecule has 0 bridgehead atoms. The van der Waals surface area contributed by atoms with Gasteiger partial charge in [0.15, 0.2) is 0 Å². The molecule has 1 fully saturated rings. The molecule has 0 amide bonds. The van der Waals surface area contributed by atoms with Crippen LogP contribution in [-0.2, 0) is 9.53 Å². The monoisotopic (exact) mass is 321 g/mol. The zero-order chi connectivity index (χ0) is 16.8. The number of esters is 1. The lowest BCUT2D eigenvalue weighted by molar-refractivity contribution is -0.137. The van der Waals surface area contributed by atoms with Gasteiger partial charge in [-0.1, -0.05) is 0 Å². The SMILES string of the molecule is CCOC(=O)C(=O)c1cc(OC)c(N2CCCCC2)cc1OC. The van der Waals surface area contributed by atoms with Gasteiger partial charge in [0, 0.05) is 19.2 Å². The van der Waals surface area contributed by atoms with E-state index in [1.807, 2.05) is 0 Å². The first kappa shape index (κ1) is 17.1. The van der Waals surface area contributed by atoms with E-state index in [0.29, 0.717) is 11.5 Å². The third-order valence-electron chi connectivity index (χ3n) is 3.90. The Hall–Kier alpha value is -2.24. The number of rotatable bonds is 6. The second kappa shape index (κ2) is 7.85. The van der Waals surface area contributed by atoms with Gasteiger partial charge >= 0.3 is 5.97 Å². The predicted octanol–water partition coefficient (Wildman–Crippen LogP) is 2.44. The van der Waals surface area contributed by atoms with Gasteiger partial charge in [-0.05, 0) is 32.3 Å². The summed E-state index contributed by atoms with van der Waals surface area (Å²) in [6.45, 7) is 3.67. The summed E-state index contributed by atoms with van der Waals surface area (Å²) in [7, 11) is 3.03. The highest BCUT2D eigenvalue weighted by Gasteiger charge is 2.25. The van der Waals surface area contributed by atoms with Crippen molar-refractivity contribution in [2.75, 3.05) is 38.8 Å². The first-order valence-corrected chi connectivity index (χ1v) is 7.84. The average Bonchev–Trinajstić information content (AvgIpc) is 2.60. The summed E-state index contributed by atoms with van der Waals surface area (Å²) in [5, 5.41) is 0. The number of ketones is 1. The molecule has 1 aromatic rings. The molecule has 23 heavy (non-hydrogen) atoms. The van der Waals surface area contributed by atoms with Crippen molar-refractivity contribution in [3.63, 3.8) is 0 Å². The van der Waals surface area contributed by atoms with E-state index < -0.39 is 11.8 Å². The lowest BCUT2D eigenvalue weighted by atomic mass is 10.1. The van der Waals surface area contributed by atoms with Gasteiger partial charge in [0.05, 0.1) is 32.1 Å². The molecule has 0 radical (unpaired) electrons. The van der Waals surface area contributed by atoms with Crippen LogP contribution in [0.25, 0.3) is 0 Å². The van der Waals surface area contributed by atoms with Crippen molar-refractivity contribution in [3.05, 3.63) is 17.7 Å². The number of piperidine rings is 1. The Kier molecular flexibility index (Phi) is 5.84. The van der Waals surface area contributed by atoms with Crippen molar-refractivity contribution >= 4 is 17.4 Å². The summed E-state index contributed by atoms with van der Waals surface area (Å²) in [6, 6.07) is 3.32. The van der Waals surface area contributed by atoms with Crippen LogP contribution >= 0.6 is 0 Å². The van der Waals surface area contributed by atoms with Crippen LogP contribution in [0.4, 0.5) is 5.69 Å². The molecule has 1 aliphatic rings. The van der Waals surface area contributed by atoms with Crippen LogP contribution in [0.3, 0.4) is 0 Å². The smallest absolute Gasteiger partial charge is 0.379 e. The lowest BCUT2D eigenvalue weighted by Crippen LogP contribution is -2.30. The molecule has 0 spiro atoms. The molecule has 0 atom stereocenters. The number of Topliss-reactive ketones (excluding diaryl/α,β-unsaturated/α-hetero) is 1. The van der Waals surface area contributed by atoms with Gasteiger partial charge < -0.3 is 19.1 Å². The topological polar surface area (TPSA) is 65.1 Å². The highest BCUT2D eigenvalue weighted by molar-refractivity contribution is 6.41. The van der Waals surface area contributed by atoms with Crippen molar-refractivity contribution in [1.82, 2.24) is 0 Å². The zero-order valence-electron chi connectivity index (χ0n) is 13.9. The molecule has 0 N–H and O–H groups in total. The third kappa shape index (κ3) is 3.75. The molecule has 1 aliphatic heterocycles. The maximum absolute atomic E-state index is 12.2. The quantitative estimate of drug-likeness (QED) is 0.455. The highest BCUT2D eigenvalue weighted by Crippen LogP contribution is 2.37. The van der Waals surface area contributed by atoms with Crippen LogP contribution < -0.4 is 14.4 Å². The molecule has 0 aliphatic carbocycles. The molecule has 0 aromatic heterocycles. The predicted molar refractivity (Wildman–Crippen MR) is 86.6 cm³/mol. The number of benzene rings is 1. The fourth-order valence-corrected chi connectivity index (χ4v) is 2.75. The molecule has 126 valence electrons. The minimum Gasteiger partial charge on any atom is -0.496 e. The van der Waals surface area contributed by atoms with Gasteiger partial charge in [0.2, 0.25) is 0 Å². The Morgan fingerprint density at radius 3 is 2.26 bits per heavy atom. The molecular weight excluding hydrogens is 298 g/mol. The van der Waals surface area contributed by atoms with E-state index in [9.17, 15) is 9.59 Å². The Balaban J connectivity index is 2.40. The fourth-order valence-electron chi connectivity index (χ4n) is 2.75. The van der Waals surface area contributed by atoms with Crippen molar-refractivity contribution in [2.24, 2.45) is 0 Å². The van der Waals surface area contributed by atoms with Gasteiger partial charge in [-0.2, -0.15) is 0 Å². The number of hydrogen-bond donors (Lipinski definition) is 0. The molecule has 6 heteroatoms. The van der Waals surface area contributed by atoms with Crippen molar-refractivity contribution in [3.8, 4) is 11.5 Å². The summed E-state index contributed by atoms with van der Waals surface area (Å²) in [6.07, 6.45) is 3.46. The lowest BCUT2D eigenvalue weighted by Gasteiger charge is -2.30. The van der Waals surface area contributed by atoms with E-state index in [-0.39, 0.29) is 12.2 Å². The summed E-state index contributed by atoms with van der Waals surface area (Å²) in [4.78, 5) is 26.2. The van der Waals surface area contributed by atoms with Gasteiger partial charge in [-0.15, -0.1) is 0 Å². The number of methoxy groups -OCH3 is 2. The standard InChI is InChI=1S/C17H23NO5/c1-4-23-17(20)16(19)12-10-15(22-3)13(11-14(12)21-2)18-8-6-5-7-9-18/h10-11H,4-9H2,1-3H3. The first-order chi connectivity index (χ1) is 11.1. The van der Waals surface area contributed by atoms with Gasteiger partial charge in [0.1, 0.15) is 11.5 Å². The van der Waals surface area contributed by atoms with E-state index in [2.05, 4.69) is 4.90 Å². The molecule has 6 nitrogen and oxygen atoms in total. The maximum Gasteiger partial charge on any atom is 0.379 e. The summed E-state index contributed by atoms with van der Waals surface area (Å²) in [5.74, 6) is -0.712. The van der Waals surface area contributed by atoms with Crippen LogP contribution in [-0.4, -0.2) is 45.7 Å². The summed E-state index contributed by atoms with van der Waals surface area (Å²) >= 11 is 0. The molecule has 0 unspecified atom stereocenters. The molecule has 1 saturated heterocycles. The normalized spacial score (nSPS) is 14.3. The minimum absolute atomic E-state index is 0.149. The van der Waals surface area contributed by atoms with E-state index in [1.54, 1.807) is 26.2 Å². The Bertz CT molecular complexity index is 579. The number of ether oxygens (including phenoxy) is 3. The second-order valence-corrected chi connectivity index (χ2v) is 5.32. The van der Waals surface area contributed by atoms with E-state index in [0.717, 1.165) is 31.6 Å². The third-order valence-corrected chi connectivity index (χ3v) is 3.90. The number of carbonyl (C=O) groups is 2. The van der Waals surface area contributed by atoms with Crippen LogP contribution in [0.15, 0.2) is 12.1 Å². The second-order valence-electron chi connectivity index (χ2n) is 5.32. The van der Waals surface area contributed by atoms with Crippen molar-refractivity contribution < 1.29 is 23.8 Å². The van der Waals surface area contributed by atoms with E-state index in [4.69, 9.17) is 14.2 Å². The number of carbonyl (C=O) groups excluding carboxylic acids is 2. The summed E-state index contributed by atoms with van der Waals surface area (Å²) in [5.41, 5.74) is 1.04. The van der Waals surface area contributed by atoms with Crippen LogP contribution in [0.5, 0.6) is 11.5 Å². The average molecular weight is 321 g/mol. The zero-order valence-corrected chi connectivity index (χ0v) is 13.9. The van der Waals surface area contributed by atoms with E-state index in [1.165, 1.54) is 13.5 Å². The van der Waals surface area contributed by atoms with Crippen molar-refractivity contribution in [2.45, 2.75) is 26.2 Å². The number of anilines is 1. The first-order valence-electron chi connectivity index (χ1n) is 7.84. The van der Waals surface area contributed by atoms with E-state index >= 15 is 0 Å². The molecule has 0 saturated carbocycles. The summed E-state index contributed by atoms with van der Waals surface area (Å²) < 4.78 is 15.5. The van der Waals surface area contributed by atoms with Crippen LogP contribution in [0, 0.1) is 0 Å². The number of nitrogens with zero attached hydrogens (tertiary/aromatic N) is 1. The minimum atomic E-state index is -0.890. The largest absolute Gasteiger partial charge is 0.496 e. The Labute approximate surface area is 136 Å². The highest BCUT2D eigenvalue weighted by atomic mass is 16.5. The molecule has 2 rings (SSSR count). The van der Waals surface area contributed by atoms with Crippen molar-refractivity contribution in [1.29, 1.82) is 0 Å². The van der Waals surface area contributed by atoms with Crippen LogP contribution in [0.2, 0.25) is 0 Å². The molecule has 1 aromatic carbocycles. The van der Waals surface area contributed by atoms with Gasteiger partial charge in [-0.3, -0.25) is 4.79 Å². The van der Waals surface area contributed by atoms with Gasteiger partial charge in [0.25, 0.3) is 5.78 Å². The molecule has 1 heterocycles. The van der Waals surface area contributed by atoms with Crippen LogP contribution in [0.1, 0.15) is 36.5 Å².